The van der Waals surface area contributed by atoms with Crippen LogP contribution >= 0.6 is 9.24 Å². The fourth-order valence-corrected chi connectivity index (χ4v) is 3.51. The smallest absolute Gasteiger partial charge is 0.0372 e. The van der Waals surface area contributed by atoms with Gasteiger partial charge in [0.1, 0.15) is 0 Å². The van der Waals surface area contributed by atoms with Crippen LogP contribution in [0.25, 0.3) is 11.4 Å². The molecule has 1 unspecified atom stereocenters. The molecule has 2 aromatic carbocycles. The molecule has 1 heterocycles. The van der Waals surface area contributed by atoms with E-state index in [9.17, 15) is 0 Å². The molecule has 3 rings (SSSR count). The fraction of sp³-hybridized carbons (Fsp3) is 0.333. The van der Waals surface area contributed by atoms with Crippen LogP contribution in [0.5, 0.6) is 0 Å². The van der Waals surface area contributed by atoms with Gasteiger partial charge in [-0.25, -0.2) is 0 Å². The lowest BCUT2D eigenvalue weighted by molar-refractivity contribution is 0.438. The van der Waals surface area contributed by atoms with Crippen LogP contribution in [-0.4, -0.2) is 13.1 Å². The summed E-state index contributed by atoms with van der Waals surface area (Å²) in [6.07, 6.45) is 4.87. The van der Waals surface area contributed by atoms with Crippen molar-refractivity contribution in [3.8, 4) is 0 Å². The quantitative estimate of drug-likeness (QED) is 0.524. The Morgan fingerprint density at radius 2 is 1.83 bits per heavy atom. The highest BCUT2D eigenvalue weighted by Gasteiger charge is 2.16. The summed E-state index contributed by atoms with van der Waals surface area (Å²) >= 11 is 0. The van der Waals surface area contributed by atoms with Crippen molar-refractivity contribution in [2.75, 3.05) is 18.0 Å². The molecular formula is C21H26NP. The van der Waals surface area contributed by atoms with Gasteiger partial charge in [-0.15, -0.1) is 9.24 Å². The predicted molar refractivity (Wildman–Crippen MR) is 106 cm³/mol. The van der Waals surface area contributed by atoms with E-state index in [4.69, 9.17) is 0 Å². The van der Waals surface area contributed by atoms with E-state index < -0.39 is 0 Å². The topological polar surface area (TPSA) is 3.24 Å². The Bertz CT molecular complexity index is 696. The van der Waals surface area contributed by atoms with Crippen LogP contribution in [0.2, 0.25) is 0 Å². The van der Waals surface area contributed by atoms with Gasteiger partial charge in [-0.1, -0.05) is 43.3 Å². The number of hydrogen-bond acceptors (Lipinski definition) is 1. The van der Waals surface area contributed by atoms with E-state index in [1.54, 1.807) is 0 Å². The molecule has 1 saturated heterocycles. The van der Waals surface area contributed by atoms with Crippen LogP contribution in [0, 0.1) is 12.8 Å². The number of anilines is 1. The highest BCUT2D eigenvalue weighted by Crippen LogP contribution is 2.30. The maximum atomic E-state index is 2.90. The second-order valence-corrected chi connectivity index (χ2v) is 7.30. The zero-order chi connectivity index (χ0) is 16.2. The molecule has 2 heteroatoms. The van der Waals surface area contributed by atoms with Gasteiger partial charge >= 0.3 is 0 Å². The Morgan fingerprint density at radius 1 is 1.09 bits per heavy atom. The lowest BCUT2D eigenvalue weighted by Gasteiger charge is -2.32. The molecule has 23 heavy (non-hydrogen) atoms. The summed E-state index contributed by atoms with van der Waals surface area (Å²) in [6.45, 7) is 6.88. The van der Waals surface area contributed by atoms with Crippen molar-refractivity contribution in [3.05, 3.63) is 65.2 Å². The molecule has 1 aliphatic heterocycles. The van der Waals surface area contributed by atoms with Gasteiger partial charge in [0.15, 0.2) is 0 Å². The summed E-state index contributed by atoms with van der Waals surface area (Å²) in [5.41, 5.74) is 5.24. The van der Waals surface area contributed by atoms with Crippen LogP contribution in [0.4, 0.5) is 5.69 Å². The van der Waals surface area contributed by atoms with E-state index >= 15 is 0 Å². The zero-order valence-corrected chi connectivity index (χ0v) is 15.3. The SMILES string of the molecule is Cc1ccccc1/C=C(\P)c1cccc(N2CCC(C)CC2)c1. The zero-order valence-electron chi connectivity index (χ0n) is 14.1. The maximum Gasteiger partial charge on any atom is 0.0372 e. The van der Waals surface area contributed by atoms with Gasteiger partial charge in [-0.05, 0) is 65.9 Å². The molecular weight excluding hydrogens is 297 g/mol. The van der Waals surface area contributed by atoms with Crippen molar-refractivity contribution < 1.29 is 0 Å². The Hall–Kier alpha value is -1.59. The van der Waals surface area contributed by atoms with E-state index in [0.717, 1.165) is 5.92 Å². The molecule has 0 radical (unpaired) electrons. The normalized spacial score (nSPS) is 16.7. The lowest BCUT2D eigenvalue weighted by Crippen LogP contribution is -2.32. The third-order valence-corrected chi connectivity index (χ3v) is 5.33. The van der Waals surface area contributed by atoms with Gasteiger partial charge in [0.2, 0.25) is 0 Å². The number of hydrogen-bond donors (Lipinski definition) is 0. The van der Waals surface area contributed by atoms with Crippen LogP contribution in [-0.2, 0) is 0 Å². The lowest BCUT2D eigenvalue weighted by atomic mass is 9.98. The van der Waals surface area contributed by atoms with Gasteiger partial charge < -0.3 is 4.90 Å². The van der Waals surface area contributed by atoms with Crippen molar-refractivity contribution in [2.45, 2.75) is 26.7 Å². The molecule has 1 aliphatic rings. The van der Waals surface area contributed by atoms with Gasteiger partial charge in [0.25, 0.3) is 0 Å². The number of rotatable bonds is 3. The predicted octanol–water partition coefficient (Wildman–Crippen LogP) is 5.60. The summed E-state index contributed by atoms with van der Waals surface area (Å²) < 4.78 is 0. The van der Waals surface area contributed by atoms with E-state index in [1.807, 2.05) is 0 Å². The number of piperidine rings is 1. The summed E-state index contributed by atoms with van der Waals surface area (Å²) in [7, 11) is 2.90. The molecule has 2 aromatic rings. The van der Waals surface area contributed by atoms with Crippen LogP contribution in [0.15, 0.2) is 48.5 Å². The monoisotopic (exact) mass is 323 g/mol. The van der Waals surface area contributed by atoms with Gasteiger partial charge in [0.05, 0.1) is 0 Å². The molecule has 1 nitrogen and oxygen atoms in total. The van der Waals surface area contributed by atoms with Gasteiger partial charge in [-0.3, -0.25) is 0 Å². The highest BCUT2D eigenvalue weighted by atomic mass is 31.0. The minimum absolute atomic E-state index is 0.868. The number of aryl methyl sites for hydroxylation is 1. The molecule has 1 fully saturated rings. The highest BCUT2D eigenvalue weighted by molar-refractivity contribution is 7.32. The van der Waals surface area contributed by atoms with Gasteiger partial charge in [0, 0.05) is 18.8 Å². The number of nitrogens with zero attached hydrogens (tertiary/aromatic N) is 1. The fourth-order valence-electron chi connectivity index (χ4n) is 3.15. The third-order valence-electron chi connectivity index (χ3n) is 4.83. The Morgan fingerprint density at radius 3 is 2.57 bits per heavy atom. The molecule has 0 N–H and O–H groups in total. The second kappa shape index (κ2) is 7.32. The first kappa shape index (κ1) is 16.3. The van der Waals surface area contributed by atoms with Crippen LogP contribution in [0.1, 0.15) is 36.5 Å². The van der Waals surface area contributed by atoms with Crippen molar-refractivity contribution in [1.82, 2.24) is 0 Å². The van der Waals surface area contributed by atoms with Crippen molar-refractivity contribution in [1.29, 1.82) is 0 Å². The van der Waals surface area contributed by atoms with E-state index in [-0.39, 0.29) is 0 Å². The van der Waals surface area contributed by atoms with Crippen molar-refractivity contribution in [2.24, 2.45) is 5.92 Å². The second-order valence-electron chi connectivity index (χ2n) is 6.68. The molecule has 0 aromatic heterocycles. The van der Waals surface area contributed by atoms with E-state index in [2.05, 4.69) is 82.6 Å². The standard InChI is InChI=1S/C21H26NP/c1-16-10-12-22(13-11-16)20-9-5-8-19(14-20)21(23)15-18-7-4-3-6-17(18)2/h3-9,14-16H,10-13,23H2,1-2H3/b21-15-. The molecule has 0 bridgehead atoms. The van der Waals surface area contributed by atoms with E-state index in [0.29, 0.717) is 0 Å². The summed E-state index contributed by atoms with van der Waals surface area (Å²) in [6, 6.07) is 17.5. The molecule has 0 amide bonds. The third kappa shape index (κ3) is 4.03. The largest absolute Gasteiger partial charge is 0.371 e. The average Bonchev–Trinajstić information content (AvgIpc) is 2.58. The first-order valence-electron chi connectivity index (χ1n) is 8.51. The average molecular weight is 323 g/mol. The maximum absolute atomic E-state index is 2.90. The van der Waals surface area contributed by atoms with Crippen LogP contribution in [0.3, 0.4) is 0 Å². The molecule has 1 atom stereocenters. The molecule has 0 spiro atoms. The first-order chi connectivity index (χ1) is 11.1. The van der Waals surface area contributed by atoms with Crippen molar-refractivity contribution >= 4 is 26.3 Å². The van der Waals surface area contributed by atoms with Gasteiger partial charge in [-0.2, -0.15) is 0 Å². The molecule has 0 saturated carbocycles. The first-order valence-corrected chi connectivity index (χ1v) is 9.09. The molecule has 120 valence electrons. The number of benzene rings is 2. The minimum atomic E-state index is 0.868. The Kier molecular flexibility index (Phi) is 5.18. The summed E-state index contributed by atoms with van der Waals surface area (Å²) in [5, 5.41) is 1.24. The van der Waals surface area contributed by atoms with Crippen LogP contribution < -0.4 is 4.90 Å². The minimum Gasteiger partial charge on any atom is -0.371 e. The summed E-state index contributed by atoms with van der Waals surface area (Å²) in [5.74, 6) is 0.868. The Labute approximate surface area is 142 Å². The summed E-state index contributed by atoms with van der Waals surface area (Å²) in [4.78, 5) is 2.52. The Balaban J connectivity index is 1.83. The van der Waals surface area contributed by atoms with Crippen molar-refractivity contribution in [3.63, 3.8) is 0 Å². The molecule has 0 aliphatic carbocycles. The van der Waals surface area contributed by atoms with E-state index in [1.165, 1.54) is 53.6 Å².